The van der Waals surface area contributed by atoms with Gasteiger partial charge in [0.25, 0.3) is 0 Å². The largest absolute Gasteiger partial charge is 0.401 e. The van der Waals surface area contributed by atoms with Crippen molar-refractivity contribution in [2.24, 2.45) is 11.6 Å². The van der Waals surface area contributed by atoms with E-state index in [9.17, 15) is 9.59 Å². The molecule has 1 aliphatic heterocycles. The molecule has 0 bridgehead atoms. The molecule has 0 aromatic rings. The van der Waals surface area contributed by atoms with E-state index in [2.05, 4.69) is 17.2 Å². The van der Waals surface area contributed by atoms with Crippen LogP contribution in [-0.4, -0.2) is 29.3 Å². The van der Waals surface area contributed by atoms with Gasteiger partial charge in [-0.25, -0.2) is 5.84 Å². The number of hydrogen-bond acceptors (Lipinski definition) is 6. The maximum atomic E-state index is 11.4. The van der Waals surface area contributed by atoms with E-state index in [1.54, 1.807) is 0 Å². The Morgan fingerprint density at radius 1 is 1.65 bits per heavy atom. The Labute approximate surface area is 99.5 Å². The Kier molecular flexibility index (Phi) is 4.11. The van der Waals surface area contributed by atoms with Crippen LogP contribution >= 0.6 is 0 Å². The summed E-state index contributed by atoms with van der Waals surface area (Å²) in [6.45, 7) is 5.09. The molecule has 0 spiro atoms. The quantitative estimate of drug-likeness (QED) is 0.343. The first-order chi connectivity index (χ1) is 7.88. The Balaban J connectivity index is 2.51. The van der Waals surface area contributed by atoms with Gasteiger partial charge in [-0.15, -0.1) is 0 Å². The van der Waals surface area contributed by atoms with Gasteiger partial charge in [0.15, 0.2) is 5.78 Å². The lowest BCUT2D eigenvalue weighted by Gasteiger charge is -2.14. The first kappa shape index (κ1) is 13.0. The third-order valence-electron chi connectivity index (χ3n) is 2.12. The lowest BCUT2D eigenvalue weighted by atomic mass is 10.2. The molecule has 17 heavy (non-hydrogen) atoms. The number of nitrogens with zero attached hydrogens (tertiary/aromatic N) is 1. The maximum absolute atomic E-state index is 11.4. The summed E-state index contributed by atoms with van der Waals surface area (Å²) in [5.74, 6) is 5.74. The molecule has 1 aliphatic rings. The van der Waals surface area contributed by atoms with Crippen molar-refractivity contribution in [2.45, 2.75) is 19.4 Å². The molecule has 1 saturated heterocycles. The number of ketones is 1. The summed E-state index contributed by atoms with van der Waals surface area (Å²) in [6, 6.07) is -0.440. The lowest BCUT2D eigenvalue weighted by Crippen LogP contribution is -2.33. The van der Waals surface area contributed by atoms with Crippen molar-refractivity contribution in [2.75, 3.05) is 6.54 Å². The van der Waals surface area contributed by atoms with Gasteiger partial charge in [-0.1, -0.05) is 6.58 Å². The van der Waals surface area contributed by atoms with Crippen LogP contribution in [-0.2, 0) is 9.59 Å². The predicted octanol–water partition coefficient (Wildman–Crippen LogP) is -1.50. The predicted molar refractivity (Wildman–Crippen MR) is 62.7 cm³/mol. The van der Waals surface area contributed by atoms with Gasteiger partial charge in [-0.3, -0.25) is 9.59 Å². The Morgan fingerprint density at radius 3 is 2.76 bits per heavy atom. The Hall–Kier alpha value is -2.02. The molecule has 0 saturated carbocycles. The zero-order valence-corrected chi connectivity index (χ0v) is 9.69. The fraction of sp³-hybridized carbons (Fsp3) is 0.400. The summed E-state index contributed by atoms with van der Waals surface area (Å²) in [6.07, 6.45) is 1.74. The van der Waals surface area contributed by atoms with E-state index >= 15 is 0 Å². The fourth-order valence-electron chi connectivity index (χ4n) is 1.50. The standard InChI is InChI=1S/C10H17N5O2/c1-6(16)4-15(12)5-8(11)3-9-10(17)14-7(2)13-9/h5,9,13H,2-4,11-12H2,1H3,(H,14,17)/b8-5-. The van der Waals surface area contributed by atoms with Crippen molar-refractivity contribution in [3.63, 3.8) is 0 Å². The van der Waals surface area contributed by atoms with E-state index in [0.29, 0.717) is 17.9 Å². The van der Waals surface area contributed by atoms with Crippen LogP contribution < -0.4 is 22.2 Å². The zero-order chi connectivity index (χ0) is 13.0. The van der Waals surface area contributed by atoms with Crippen LogP contribution in [0.1, 0.15) is 13.3 Å². The first-order valence-corrected chi connectivity index (χ1v) is 5.11. The first-order valence-electron chi connectivity index (χ1n) is 5.11. The highest BCUT2D eigenvalue weighted by Crippen LogP contribution is 2.07. The summed E-state index contributed by atoms with van der Waals surface area (Å²) in [7, 11) is 0. The third-order valence-corrected chi connectivity index (χ3v) is 2.12. The highest BCUT2D eigenvalue weighted by molar-refractivity contribution is 5.86. The summed E-state index contributed by atoms with van der Waals surface area (Å²) in [4.78, 5) is 22.2. The number of rotatable bonds is 5. The van der Waals surface area contributed by atoms with Gasteiger partial charge in [0, 0.05) is 18.3 Å². The number of amides is 1. The minimum atomic E-state index is -0.440. The molecular formula is C10H17N5O2. The number of nitrogens with two attached hydrogens (primary N) is 2. The molecule has 6 N–H and O–H groups in total. The SMILES string of the molecule is C=C1NC(=O)C(C/C(N)=C/N(N)CC(C)=O)N1. The molecule has 1 heterocycles. The molecule has 1 unspecified atom stereocenters. The second kappa shape index (κ2) is 5.35. The van der Waals surface area contributed by atoms with Crippen molar-refractivity contribution in [1.29, 1.82) is 0 Å². The van der Waals surface area contributed by atoms with E-state index < -0.39 is 6.04 Å². The van der Waals surface area contributed by atoms with Crippen molar-refractivity contribution >= 4 is 11.7 Å². The molecule has 1 amide bonds. The van der Waals surface area contributed by atoms with Crippen LogP contribution in [0.15, 0.2) is 24.3 Å². The highest BCUT2D eigenvalue weighted by Gasteiger charge is 2.26. The normalized spacial score (nSPS) is 19.9. The molecule has 0 aliphatic carbocycles. The molecule has 7 nitrogen and oxygen atoms in total. The molecule has 94 valence electrons. The number of hydrogen-bond donors (Lipinski definition) is 4. The van der Waals surface area contributed by atoms with Crippen LogP contribution in [0.3, 0.4) is 0 Å². The molecule has 0 aromatic heterocycles. The monoisotopic (exact) mass is 239 g/mol. The Morgan fingerprint density at radius 2 is 2.29 bits per heavy atom. The van der Waals surface area contributed by atoms with Gasteiger partial charge in [0.2, 0.25) is 5.91 Å². The average molecular weight is 239 g/mol. The van der Waals surface area contributed by atoms with Gasteiger partial charge in [-0.05, 0) is 6.92 Å². The van der Waals surface area contributed by atoms with Gasteiger partial charge in [0.1, 0.15) is 6.04 Å². The van der Waals surface area contributed by atoms with E-state index in [4.69, 9.17) is 11.6 Å². The van der Waals surface area contributed by atoms with Crippen molar-refractivity contribution < 1.29 is 9.59 Å². The van der Waals surface area contributed by atoms with Crippen molar-refractivity contribution in [1.82, 2.24) is 15.6 Å². The molecule has 1 atom stereocenters. The number of hydrazine groups is 1. The van der Waals surface area contributed by atoms with Crippen LogP contribution in [0.25, 0.3) is 0 Å². The van der Waals surface area contributed by atoms with Crippen molar-refractivity contribution in [3.8, 4) is 0 Å². The number of carbonyl (C=O) groups is 2. The second-order valence-corrected chi connectivity index (χ2v) is 3.95. The molecule has 0 aromatic carbocycles. The van der Waals surface area contributed by atoms with E-state index in [1.165, 1.54) is 18.1 Å². The molecule has 0 radical (unpaired) electrons. The number of nitrogens with one attached hydrogen (secondary N) is 2. The summed E-state index contributed by atoms with van der Waals surface area (Å²) >= 11 is 0. The fourth-order valence-corrected chi connectivity index (χ4v) is 1.50. The van der Waals surface area contributed by atoms with Crippen molar-refractivity contribution in [3.05, 3.63) is 24.3 Å². The molecule has 1 rings (SSSR count). The van der Waals surface area contributed by atoms with Gasteiger partial charge in [0.05, 0.1) is 12.4 Å². The smallest absolute Gasteiger partial charge is 0.248 e. The second-order valence-electron chi connectivity index (χ2n) is 3.95. The minimum absolute atomic E-state index is 0.0679. The molecule has 1 fully saturated rings. The topological polar surface area (TPSA) is 113 Å². The van der Waals surface area contributed by atoms with Crippen LogP contribution in [0.5, 0.6) is 0 Å². The van der Waals surface area contributed by atoms with E-state index in [0.717, 1.165) is 0 Å². The van der Waals surface area contributed by atoms with Gasteiger partial charge < -0.3 is 21.4 Å². The zero-order valence-electron chi connectivity index (χ0n) is 9.69. The summed E-state index contributed by atoms with van der Waals surface area (Å²) < 4.78 is 0. The van der Waals surface area contributed by atoms with E-state index in [1.807, 2.05) is 0 Å². The average Bonchev–Trinajstić information content (AvgIpc) is 2.42. The van der Waals surface area contributed by atoms with Crippen LogP contribution in [0.4, 0.5) is 0 Å². The molecule has 7 heteroatoms. The minimum Gasteiger partial charge on any atom is -0.401 e. The van der Waals surface area contributed by atoms with Crippen LogP contribution in [0.2, 0.25) is 0 Å². The number of carbonyl (C=O) groups excluding carboxylic acids is 2. The van der Waals surface area contributed by atoms with Gasteiger partial charge >= 0.3 is 0 Å². The van der Waals surface area contributed by atoms with Crippen LogP contribution in [0, 0.1) is 0 Å². The summed E-state index contributed by atoms with van der Waals surface area (Å²) in [5, 5.41) is 6.57. The molecular weight excluding hydrogens is 222 g/mol. The Bertz CT molecular complexity index is 377. The summed E-state index contributed by atoms with van der Waals surface area (Å²) in [5.41, 5.74) is 6.13. The number of Topliss-reactive ketones (excluding diaryl/α,β-unsaturated/α-hetero) is 1. The highest BCUT2D eigenvalue weighted by atomic mass is 16.2. The van der Waals surface area contributed by atoms with E-state index in [-0.39, 0.29) is 18.2 Å². The van der Waals surface area contributed by atoms with Gasteiger partial charge in [-0.2, -0.15) is 0 Å². The maximum Gasteiger partial charge on any atom is 0.248 e. The lowest BCUT2D eigenvalue weighted by molar-refractivity contribution is -0.120. The third kappa shape index (κ3) is 4.15.